The molecule has 2 aromatic rings. The maximum absolute atomic E-state index is 10.1. The number of hydrogen-bond donors (Lipinski definition) is 1. The van der Waals surface area contributed by atoms with Crippen LogP contribution in [0, 0.1) is 0 Å². The molecule has 20 heavy (non-hydrogen) atoms. The Morgan fingerprint density at radius 2 is 1.15 bits per heavy atom. The summed E-state index contributed by atoms with van der Waals surface area (Å²) in [4.78, 5) is 20.2. The molecule has 0 radical (unpaired) electrons. The van der Waals surface area contributed by atoms with Crippen LogP contribution in [0.5, 0.6) is 0 Å². The van der Waals surface area contributed by atoms with Crippen molar-refractivity contribution in [2.24, 2.45) is 0 Å². The highest BCUT2D eigenvalue weighted by molar-refractivity contribution is 6.01. The highest BCUT2D eigenvalue weighted by Gasteiger charge is 2.16. The average molecular weight is 265 g/mol. The fourth-order valence-electron chi connectivity index (χ4n) is 2.59. The predicted molar refractivity (Wildman–Crippen MR) is 77.1 cm³/mol. The van der Waals surface area contributed by atoms with Gasteiger partial charge in [0.25, 0.3) is 0 Å². The van der Waals surface area contributed by atoms with Crippen molar-refractivity contribution < 1.29 is 9.59 Å². The number of carbonyl (C=O) groups excluding carboxylic acids is 2. The number of amides is 2. The van der Waals surface area contributed by atoms with Crippen LogP contribution < -0.4 is 5.32 Å². The summed E-state index contributed by atoms with van der Waals surface area (Å²) in [5.41, 5.74) is 5.75. The van der Waals surface area contributed by atoms with E-state index in [1.807, 2.05) is 0 Å². The minimum absolute atomic E-state index is 0.148. The monoisotopic (exact) mass is 265 g/mol. The zero-order chi connectivity index (χ0) is 13.9. The van der Waals surface area contributed by atoms with Crippen molar-refractivity contribution in [1.82, 2.24) is 5.32 Å². The lowest BCUT2D eigenvalue weighted by atomic mass is 10.1. The standard InChI is InChI=1S/C13H10.C4H5NO2/c1-3-7-12-10(5-1)9-11-6-2-4-8-13(11)12;6-3-1-2-4(7)5-3/h1-8H,9H2;1-2H2,(H,5,6,7). The maximum Gasteiger partial charge on any atom is 0.227 e. The van der Waals surface area contributed by atoms with E-state index in [4.69, 9.17) is 0 Å². The van der Waals surface area contributed by atoms with Gasteiger partial charge in [-0.3, -0.25) is 14.9 Å². The van der Waals surface area contributed by atoms with Gasteiger partial charge < -0.3 is 0 Å². The fourth-order valence-corrected chi connectivity index (χ4v) is 2.59. The number of hydrogen-bond acceptors (Lipinski definition) is 2. The van der Waals surface area contributed by atoms with Crippen LogP contribution in [-0.4, -0.2) is 11.8 Å². The first kappa shape index (κ1) is 12.6. The van der Waals surface area contributed by atoms with Crippen molar-refractivity contribution in [3.63, 3.8) is 0 Å². The molecule has 3 heteroatoms. The van der Waals surface area contributed by atoms with Crippen LogP contribution in [0.25, 0.3) is 11.1 Å². The first-order valence-corrected chi connectivity index (χ1v) is 6.73. The molecule has 0 bridgehead atoms. The van der Waals surface area contributed by atoms with Crippen LogP contribution in [0.3, 0.4) is 0 Å². The Balaban J connectivity index is 0.000000147. The van der Waals surface area contributed by atoms with Crippen molar-refractivity contribution in [3.05, 3.63) is 59.7 Å². The summed E-state index contributed by atoms with van der Waals surface area (Å²) in [7, 11) is 0. The quantitative estimate of drug-likeness (QED) is 0.635. The van der Waals surface area contributed by atoms with Gasteiger partial charge in [0.15, 0.2) is 0 Å². The Labute approximate surface area is 117 Å². The molecule has 3 nitrogen and oxygen atoms in total. The van der Waals surface area contributed by atoms with Gasteiger partial charge in [-0.05, 0) is 28.7 Å². The number of imide groups is 1. The lowest BCUT2D eigenvalue weighted by Gasteiger charge is -1.98. The molecule has 2 aromatic carbocycles. The Hall–Kier alpha value is -2.42. The number of rotatable bonds is 0. The van der Waals surface area contributed by atoms with E-state index >= 15 is 0 Å². The molecule has 1 heterocycles. The summed E-state index contributed by atoms with van der Waals surface area (Å²) in [5.74, 6) is -0.296. The Bertz CT molecular complexity index is 619. The third-order valence-electron chi connectivity index (χ3n) is 3.56. The minimum Gasteiger partial charge on any atom is -0.296 e. The molecule has 2 aliphatic rings. The van der Waals surface area contributed by atoms with E-state index in [0.29, 0.717) is 12.8 Å². The molecule has 1 aliphatic carbocycles. The largest absolute Gasteiger partial charge is 0.296 e. The van der Waals surface area contributed by atoms with Crippen molar-refractivity contribution in [1.29, 1.82) is 0 Å². The van der Waals surface area contributed by atoms with Crippen LogP contribution in [0.2, 0.25) is 0 Å². The molecular weight excluding hydrogens is 250 g/mol. The fraction of sp³-hybridized carbons (Fsp3) is 0.176. The van der Waals surface area contributed by atoms with E-state index in [1.165, 1.54) is 22.3 Å². The topological polar surface area (TPSA) is 46.2 Å². The van der Waals surface area contributed by atoms with Crippen LogP contribution in [0.1, 0.15) is 24.0 Å². The number of benzene rings is 2. The normalized spacial score (nSPS) is 15.0. The van der Waals surface area contributed by atoms with E-state index in [9.17, 15) is 9.59 Å². The van der Waals surface area contributed by atoms with Gasteiger partial charge in [-0.25, -0.2) is 0 Å². The van der Waals surface area contributed by atoms with E-state index in [-0.39, 0.29) is 11.8 Å². The molecule has 0 aromatic heterocycles. The number of nitrogens with one attached hydrogen (secondary N) is 1. The van der Waals surface area contributed by atoms with E-state index in [0.717, 1.165) is 6.42 Å². The van der Waals surface area contributed by atoms with Crippen LogP contribution >= 0.6 is 0 Å². The third-order valence-corrected chi connectivity index (χ3v) is 3.56. The summed E-state index contributed by atoms with van der Waals surface area (Å²) in [6, 6.07) is 17.3. The van der Waals surface area contributed by atoms with Crippen molar-refractivity contribution in [2.45, 2.75) is 19.3 Å². The average Bonchev–Trinajstić information content (AvgIpc) is 3.02. The summed E-state index contributed by atoms with van der Waals surface area (Å²) >= 11 is 0. The highest BCUT2D eigenvalue weighted by atomic mass is 16.2. The van der Waals surface area contributed by atoms with Gasteiger partial charge in [-0.2, -0.15) is 0 Å². The van der Waals surface area contributed by atoms with Crippen molar-refractivity contribution in [3.8, 4) is 11.1 Å². The van der Waals surface area contributed by atoms with Crippen molar-refractivity contribution >= 4 is 11.8 Å². The van der Waals surface area contributed by atoms with Gasteiger partial charge in [-0.15, -0.1) is 0 Å². The third kappa shape index (κ3) is 2.48. The predicted octanol–water partition coefficient (Wildman–Crippen LogP) is 2.68. The molecule has 0 saturated carbocycles. The second-order valence-electron chi connectivity index (χ2n) is 4.96. The lowest BCUT2D eigenvalue weighted by molar-refractivity contribution is -0.124. The summed E-state index contributed by atoms with van der Waals surface area (Å²) in [5, 5.41) is 2.14. The molecule has 100 valence electrons. The SMILES string of the molecule is O=C1CCC(=O)N1.c1ccc2c(c1)Cc1ccccc1-2. The summed E-state index contributed by atoms with van der Waals surface area (Å²) in [6.45, 7) is 0. The van der Waals surface area contributed by atoms with Crippen molar-refractivity contribution in [2.75, 3.05) is 0 Å². The highest BCUT2D eigenvalue weighted by Crippen LogP contribution is 2.35. The van der Waals surface area contributed by atoms with E-state index in [2.05, 4.69) is 53.8 Å². The second kappa shape index (κ2) is 5.29. The molecule has 0 atom stereocenters. The van der Waals surface area contributed by atoms with Gasteiger partial charge >= 0.3 is 0 Å². The second-order valence-corrected chi connectivity index (χ2v) is 4.96. The van der Waals surface area contributed by atoms with Gasteiger partial charge in [-0.1, -0.05) is 48.5 Å². The minimum atomic E-state index is -0.148. The molecular formula is C17H15NO2. The Morgan fingerprint density at radius 1 is 0.700 bits per heavy atom. The Morgan fingerprint density at radius 3 is 1.55 bits per heavy atom. The van der Waals surface area contributed by atoms with Gasteiger partial charge in [0.05, 0.1) is 0 Å². The number of carbonyl (C=O) groups is 2. The van der Waals surface area contributed by atoms with E-state index < -0.39 is 0 Å². The Kier molecular flexibility index (Phi) is 3.33. The van der Waals surface area contributed by atoms with Crippen LogP contribution in [-0.2, 0) is 16.0 Å². The zero-order valence-electron chi connectivity index (χ0n) is 11.1. The molecule has 1 fully saturated rings. The molecule has 0 spiro atoms. The maximum atomic E-state index is 10.1. The summed E-state index contributed by atoms with van der Waals surface area (Å²) < 4.78 is 0. The van der Waals surface area contributed by atoms with Gasteiger partial charge in [0, 0.05) is 12.8 Å². The lowest BCUT2D eigenvalue weighted by Crippen LogP contribution is -2.18. The molecule has 4 rings (SSSR count). The number of fused-ring (bicyclic) bond motifs is 3. The van der Waals surface area contributed by atoms with Gasteiger partial charge in [0.2, 0.25) is 11.8 Å². The summed E-state index contributed by atoms with van der Waals surface area (Å²) in [6.07, 6.45) is 1.85. The van der Waals surface area contributed by atoms with Crippen LogP contribution in [0.15, 0.2) is 48.5 Å². The molecule has 1 N–H and O–H groups in total. The molecule has 1 saturated heterocycles. The van der Waals surface area contributed by atoms with Crippen LogP contribution in [0.4, 0.5) is 0 Å². The zero-order valence-corrected chi connectivity index (χ0v) is 11.1. The smallest absolute Gasteiger partial charge is 0.227 e. The molecule has 2 amide bonds. The van der Waals surface area contributed by atoms with E-state index in [1.54, 1.807) is 0 Å². The first-order chi connectivity index (χ1) is 9.74. The van der Waals surface area contributed by atoms with Gasteiger partial charge in [0.1, 0.15) is 0 Å². The first-order valence-electron chi connectivity index (χ1n) is 6.73. The molecule has 1 aliphatic heterocycles. The molecule has 0 unspecified atom stereocenters.